The SMILES string of the molecule is CCC(C)(CNC(C)(C)C)CN(C)C(C)COC. The van der Waals surface area contributed by atoms with Crippen LogP contribution >= 0.6 is 0 Å². The lowest BCUT2D eigenvalue weighted by atomic mass is 9.85. The molecule has 2 unspecified atom stereocenters. The molecule has 0 aliphatic carbocycles. The molecule has 0 amide bonds. The van der Waals surface area contributed by atoms with Crippen LogP contribution in [0, 0.1) is 5.41 Å². The van der Waals surface area contributed by atoms with E-state index in [1.165, 1.54) is 6.42 Å². The quantitative estimate of drug-likeness (QED) is 0.724. The van der Waals surface area contributed by atoms with Crippen molar-refractivity contribution in [2.45, 2.75) is 59.5 Å². The van der Waals surface area contributed by atoms with Crippen LogP contribution in [0.4, 0.5) is 0 Å². The molecule has 18 heavy (non-hydrogen) atoms. The fraction of sp³-hybridized carbons (Fsp3) is 1.00. The van der Waals surface area contributed by atoms with Gasteiger partial charge in [0.1, 0.15) is 0 Å². The molecule has 0 saturated heterocycles. The van der Waals surface area contributed by atoms with E-state index in [1.807, 2.05) is 0 Å². The molecule has 0 aliphatic rings. The Morgan fingerprint density at radius 1 is 1.22 bits per heavy atom. The monoisotopic (exact) mass is 258 g/mol. The van der Waals surface area contributed by atoms with Crippen LogP contribution in [0.25, 0.3) is 0 Å². The first-order valence-corrected chi connectivity index (χ1v) is 7.08. The summed E-state index contributed by atoms with van der Waals surface area (Å²) < 4.78 is 5.23. The fourth-order valence-electron chi connectivity index (χ4n) is 1.90. The van der Waals surface area contributed by atoms with Crippen LogP contribution in [-0.2, 0) is 4.74 Å². The van der Waals surface area contributed by atoms with Gasteiger partial charge in [0.25, 0.3) is 0 Å². The molecule has 3 nitrogen and oxygen atoms in total. The van der Waals surface area contributed by atoms with Gasteiger partial charge in [-0.15, -0.1) is 0 Å². The molecule has 0 saturated carbocycles. The third kappa shape index (κ3) is 7.34. The minimum atomic E-state index is 0.188. The Hall–Kier alpha value is -0.120. The van der Waals surface area contributed by atoms with Gasteiger partial charge in [-0.3, -0.25) is 0 Å². The summed E-state index contributed by atoms with van der Waals surface area (Å²) in [7, 11) is 3.96. The van der Waals surface area contributed by atoms with Gasteiger partial charge in [-0.05, 0) is 46.6 Å². The molecule has 0 aromatic rings. The van der Waals surface area contributed by atoms with Crippen molar-refractivity contribution >= 4 is 0 Å². The Labute approximate surface area is 114 Å². The molecule has 0 aromatic heterocycles. The van der Waals surface area contributed by atoms with Crippen molar-refractivity contribution in [3.05, 3.63) is 0 Å². The van der Waals surface area contributed by atoms with Gasteiger partial charge in [-0.25, -0.2) is 0 Å². The highest BCUT2D eigenvalue weighted by atomic mass is 16.5. The molecular weight excluding hydrogens is 224 g/mol. The van der Waals surface area contributed by atoms with Gasteiger partial charge in [-0.1, -0.05) is 13.8 Å². The number of nitrogens with one attached hydrogen (secondary N) is 1. The van der Waals surface area contributed by atoms with Crippen LogP contribution in [0.15, 0.2) is 0 Å². The average molecular weight is 258 g/mol. The zero-order valence-corrected chi connectivity index (χ0v) is 13.8. The Morgan fingerprint density at radius 3 is 2.17 bits per heavy atom. The molecule has 0 bridgehead atoms. The van der Waals surface area contributed by atoms with Gasteiger partial charge < -0.3 is 15.0 Å². The van der Waals surface area contributed by atoms with Crippen molar-refractivity contribution in [1.29, 1.82) is 0 Å². The van der Waals surface area contributed by atoms with Crippen LogP contribution in [0.1, 0.15) is 48.0 Å². The lowest BCUT2D eigenvalue weighted by Gasteiger charge is -2.38. The van der Waals surface area contributed by atoms with Gasteiger partial charge in [0.05, 0.1) is 6.61 Å². The van der Waals surface area contributed by atoms with Gasteiger partial charge >= 0.3 is 0 Å². The maximum Gasteiger partial charge on any atom is 0.0615 e. The third-order valence-electron chi connectivity index (χ3n) is 3.69. The highest BCUT2D eigenvalue weighted by molar-refractivity contribution is 4.83. The van der Waals surface area contributed by atoms with E-state index < -0.39 is 0 Å². The van der Waals surface area contributed by atoms with Crippen LogP contribution < -0.4 is 5.32 Å². The normalized spacial score (nSPS) is 17.8. The molecule has 3 heteroatoms. The first-order chi connectivity index (χ1) is 8.13. The zero-order valence-electron chi connectivity index (χ0n) is 13.8. The van der Waals surface area contributed by atoms with E-state index in [1.54, 1.807) is 7.11 Å². The van der Waals surface area contributed by atoms with E-state index in [-0.39, 0.29) is 5.54 Å². The molecule has 0 rings (SSSR count). The number of methoxy groups -OCH3 is 1. The van der Waals surface area contributed by atoms with Gasteiger partial charge in [0, 0.05) is 31.8 Å². The molecule has 0 aliphatic heterocycles. The van der Waals surface area contributed by atoms with Crippen molar-refractivity contribution in [2.24, 2.45) is 5.41 Å². The number of rotatable bonds is 8. The second kappa shape index (κ2) is 7.46. The summed E-state index contributed by atoms with van der Waals surface area (Å²) in [5, 5.41) is 3.63. The van der Waals surface area contributed by atoms with E-state index in [0.29, 0.717) is 11.5 Å². The van der Waals surface area contributed by atoms with E-state index in [9.17, 15) is 0 Å². The zero-order chi connectivity index (χ0) is 14.4. The second-order valence-corrected chi connectivity index (χ2v) is 6.99. The Balaban J connectivity index is 4.37. The fourth-order valence-corrected chi connectivity index (χ4v) is 1.90. The lowest BCUT2D eigenvalue weighted by molar-refractivity contribution is 0.0813. The predicted octanol–water partition coefficient (Wildman–Crippen LogP) is 2.76. The first kappa shape index (κ1) is 17.9. The van der Waals surface area contributed by atoms with Crippen LogP contribution in [0.2, 0.25) is 0 Å². The molecule has 0 heterocycles. The number of likely N-dealkylation sites (N-methyl/N-ethyl adjacent to an activating group) is 1. The minimum absolute atomic E-state index is 0.188. The molecule has 0 spiro atoms. The smallest absolute Gasteiger partial charge is 0.0615 e. The molecule has 0 aromatic carbocycles. The maximum absolute atomic E-state index is 5.23. The van der Waals surface area contributed by atoms with Crippen LogP contribution in [0.3, 0.4) is 0 Å². The van der Waals surface area contributed by atoms with Crippen molar-refractivity contribution in [3.63, 3.8) is 0 Å². The van der Waals surface area contributed by atoms with Crippen molar-refractivity contribution in [1.82, 2.24) is 10.2 Å². The van der Waals surface area contributed by atoms with E-state index in [0.717, 1.165) is 19.7 Å². The molecule has 1 N–H and O–H groups in total. The standard InChI is InChI=1S/C15H34N2O/c1-9-15(6,11-16-14(3,4)5)12-17(7)13(2)10-18-8/h13,16H,9-12H2,1-8H3. The van der Waals surface area contributed by atoms with E-state index in [2.05, 4.69) is 58.8 Å². The number of hydrogen-bond acceptors (Lipinski definition) is 3. The minimum Gasteiger partial charge on any atom is -0.383 e. The lowest BCUT2D eigenvalue weighted by Crippen LogP contribution is -2.48. The summed E-state index contributed by atoms with van der Waals surface area (Å²) in [6.45, 7) is 16.5. The third-order valence-corrected chi connectivity index (χ3v) is 3.69. The molecular formula is C15H34N2O. The summed E-state index contributed by atoms with van der Waals surface area (Å²) in [5.41, 5.74) is 0.497. The molecule has 0 radical (unpaired) electrons. The van der Waals surface area contributed by atoms with Gasteiger partial charge in [-0.2, -0.15) is 0 Å². The first-order valence-electron chi connectivity index (χ1n) is 7.08. The average Bonchev–Trinajstić information content (AvgIpc) is 2.26. The van der Waals surface area contributed by atoms with Crippen LogP contribution in [0.5, 0.6) is 0 Å². The predicted molar refractivity (Wildman–Crippen MR) is 80.1 cm³/mol. The number of nitrogens with zero attached hydrogens (tertiary/aromatic N) is 1. The summed E-state index contributed by atoms with van der Waals surface area (Å²) in [4.78, 5) is 2.40. The number of ether oxygens (including phenoxy) is 1. The molecule has 2 atom stereocenters. The van der Waals surface area contributed by atoms with Crippen molar-refractivity contribution in [2.75, 3.05) is 33.9 Å². The number of hydrogen-bond donors (Lipinski definition) is 1. The van der Waals surface area contributed by atoms with Gasteiger partial charge in [0.15, 0.2) is 0 Å². The van der Waals surface area contributed by atoms with Crippen LogP contribution in [-0.4, -0.2) is 50.3 Å². The summed E-state index contributed by atoms with van der Waals surface area (Å²) >= 11 is 0. The second-order valence-electron chi connectivity index (χ2n) is 6.99. The highest BCUT2D eigenvalue weighted by Crippen LogP contribution is 2.23. The molecule has 110 valence electrons. The Bertz CT molecular complexity index is 225. The van der Waals surface area contributed by atoms with Crippen molar-refractivity contribution < 1.29 is 4.74 Å². The van der Waals surface area contributed by atoms with E-state index in [4.69, 9.17) is 4.74 Å². The summed E-state index contributed by atoms with van der Waals surface area (Å²) in [5.74, 6) is 0. The highest BCUT2D eigenvalue weighted by Gasteiger charge is 2.27. The Kier molecular flexibility index (Phi) is 7.41. The largest absolute Gasteiger partial charge is 0.383 e. The summed E-state index contributed by atoms with van der Waals surface area (Å²) in [6.07, 6.45) is 1.18. The van der Waals surface area contributed by atoms with Crippen molar-refractivity contribution in [3.8, 4) is 0 Å². The van der Waals surface area contributed by atoms with E-state index >= 15 is 0 Å². The maximum atomic E-state index is 5.23. The van der Waals surface area contributed by atoms with Gasteiger partial charge in [0.2, 0.25) is 0 Å². The molecule has 0 fully saturated rings. The summed E-state index contributed by atoms with van der Waals surface area (Å²) in [6, 6.07) is 0.468. The Morgan fingerprint density at radius 2 is 1.78 bits per heavy atom. The topological polar surface area (TPSA) is 24.5 Å².